The minimum atomic E-state index is -3.64. The van der Waals surface area contributed by atoms with Crippen LogP contribution in [0.5, 0.6) is 0 Å². The van der Waals surface area contributed by atoms with Gasteiger partial charge >= 0.3 is 75.7 Å². The van der Waals surface area contributed by atoms with Gasteiger partial charge in [0, 0.05) is 0 Å². The first kappa shape index (κ1) is 14.2. The van der Waals surface area contributed by atoms with Gasteiger partial charge in [-0.25, -0.2) is 0 Å². The molecule has 3 nitrogen and oxygen atoms in total. The molecule has 63 valence electrons. The standard InChI is InChI=1S/C2H2Cl3O.ClH.H2O.O.Sb/c3-2(4,5)1-6;;;;/h1H2;1H;1H2;;/q-1;;;;+2/p-1. The van der Waals surface area contributed by atoms with E-state index in [9.17, 15) is 3.02 Å². The zero-order valence-corrected chi connectivity index (χ0v) is 10.1. The zero-order chi connectivity index (χ0) is 7.49. The van der Waals surface area contributed by atoms with E-state index in [1.807, 2.05) is 0 Å². The van der Waals surface area contributed by atoms with E-state index >= 15 is 0 Å². The topological polar surface area (TPSA) is 46.5 Å². The Kier molecular flexibility index (Phi) is 8.88. The first-order valence-electron chi connectivity index (χ1n) is 1.77. The Labute approximate surface area is 87.5 Å². The van der Waals surface area contributed by atoms with Crippen molar-refractivity contribution >= 4 is 68.3 Å². The second-order valence-electron chi connectivity index (χ2n) is 1.13. The SMILES string of the molecule is Cl.[O]=[Sb]([OH])[O]CC(Cl)(Cl)Cl. The molecule has 0 rings (SSSR count). The van der Waals surface area contributed by atoms with E-state index in [0.29, 0.717) is 0 Å². The fraction of sp³-hybridized carbons (Fsp3) is 1.00. The van der Waals surface area contributed by atoms with Crippen LogP contribution in [0.25, 0.3) is 0 Å². The van der Waals surface area contributed by atoms with E-state index in [-0.39, 0.29) is 19.0 Å². The van der Waals surface area contributed by atoms with Gasteiger partial charge in [0.25, 0.3) is 0 Å². The minimum absolute atomic E-state index is 0. The summed E-state index contributed by atoms with van der Waals surface area (Å²) in [5.41, 5.74) is 0. The Morgan fingerprint density at radius 2 is 1.90 bits per heavy atom. The Hall–Kier alpha value is 1.70. The van der Waals surface area contributed by atoms with E-state index in [1.54, 1.807) is 0 Å². The number of alkyl halides is 3. The summed E-state index contributed by atoms with van der Waals surface area (Å²) in [5.74, 6) is 0. The molecule has 8 heteroatoms. The molecule has 10 heavy (non-hydrogen) atoms. The van der Waals surface area contributed by atoms with Crippen molar-refractivity contribution in [2.45, 2.75) is 3.79 Å². The average Bonchev–Trinajstić information content (AvgIpc) is 1.59. The summed E-state index contributed by atoms with van der Waals surface area (Å²) in [6.07, 6.45) is 0. The summed E-state index contributed by atoms with van der Waals surface area (Å²) < 4.78 is 20.7. The molecule has 0 aromatic rings. The summed E-state index contributed by atoms with van der Waals surface area (Å²) in [7, 11) is 0. The van der Waals surface area contributed by atoms with Crippen LogP contribution in [0.3, 0.4) is 0 Å². The van der Waals surface area contributed by atoms with Gasteiger partial charge in [0.2, 0.25) is 0 Å². The first-order chi connectivity index (χ1) is 3.92. The monoisotopic (exact) mass is 337 g/mol. The van der Waals surface area contributed by atoms with Crippen molar-refractivity contribution in [3.8, 4) is 0 Å². The van der Waals surface area contributed by atoms with Crippen LogP contribution in [-0.4, -0.2) is 34.8 Å². The van der Waals surface area contributed by atoms with Crippen molar-refractivity contribution in [2.75, 3.05) is 6.61 Å². The molecule has 0 spiro atoms. The molecule has 0 aliphatic rings. The predicted molar refractivity (Wildman–Crippen MR) is 42.1 cm³/mol. The van der Waals surface area contributed by atoms with Gasteiger partial charge in [0.05, 0.1) is 0 Å². The molecule has 1 N–H and O–H groups in total. The van der Waals surface area contributed by atoms with Gasteiger partial charge < -0.3 is 0 Å². The second-order valence-corrected chi connectivity index (χ2v) is 5.74. The Morgan fingerprint density at radius 3 is 2.00 bits per heavy atom. The Morgan fingerprint density at radius 1 is 1.50 bits per heavy atom. The van der Waals surface area contributed by atoms with E-state index in [0.717, 1.165) is 0 Å². The molecule has 0 heterocycles. The van der Waals surface area contributed by atoms with Gasteiger partial charge in [-0.1, -0.05) is 0 Å². The van der Waals surface area contributed by atoms with E-state index in [4.69, 9.17) is 38.2 Å². The molecule has 0 saturated heterocycles. The van der Waals surface area contributed by atoms with Crippen LogP contribution in [0, 0.1) is 0 Å². The molecule has 0 amide bonds. The molecule has 0 fully saturated rings. The van der Waals surface area contributed by atoms with Crippen LogP contribution < -0.4 is 0 Å². The molecule has 0 aliphatic heterocycles. The van der Waals surface area contributed by atoms with Crippen LogP contribution in [0.15, 0.2) is 0 Å². The van der Waals surface area contributed by atoms with Crippen LogP contribution >= 0.6 is 47.2 Å². The third-order valence-electron chi connectivity index (χ3n) is 0.339. The van der Waals surface area contributed by atoms with Crippen molar-refractivity contribution in [2.24, 2.45) is 0 Å². The average molecular weight is 340 g/mol. The second kappa shape index (κ2) is 6.24. The molecule has 0 aromatic carbocycles. The van der Waals surface area contributed by atoms with Crippen molar-refractivity contribution in [1.29, 1.82) is 0 Å². The molecular weight excluding hydrogens is 336 g/mol. The quantitative estimate of drug-likeness (QED) is 0.607. The van der Waals surface area contributed by atoms with Crippen LogP contribution in [-0.2, 0) is 6.03 Å². The van der Waals surface area contributed by atoms with Crippen LogP contribution in [0.1, 0.15) is 0 Å². The normalized spacial score (nSPS) is 10.4. The summed E-state index contributed by atoms with van der Waals surface area (Å²) in [4.78, 5) is 0. The van der Waals surface area contributed by atoms with Crippen LogP contribution in [0.2, 0.25) is 0 Å². The first-order valence-corrected chi connectivity index (χ1v) is 6.13. The number of hydrogen-bond donors (Lipinski definition) is 1. The fourth-order valence-corrected chi connectivity index (χ4v) is 1.84. The zero-order valence-electron chi connectivity index (χ0n) is 4.46. The van der Waals surface area contributed by atoms with Gasteiger partial charge in [-0.3, -0.25) is 0 Å². The predicted octanol–water partition coefficient (Wildman–Crippen LogP) is 1.20. The van der Waals surface area contributed by atoms with E-state index in [1.165, 1.54) is 0 Å². The molecule has 0 atom stereocenters. The van der Waals surface area contributed by atoms with Crippen molar-refractivity contribution in [3.63, 3.8) is 0 Å². The van der Waals surface area contributed by atoms with Crippen LogP contribution in [0.4, 0.5) is 0 Å². The van der Waals surface area contributed by atoms with Gasteiger partial charge in [-0.2, -0.15) is 0 Å². The summed E-state index contributed by atoms with van der Waals surface area (Å²) >= 11 is 11.9. The summed E-state index contributed by atoms with van der Waals surface area (Å²) in [5, 5.41) is 0. The molecule has 0 aromatic heterocycles. The van der Waals surface area contributed by atoms with Crippen molar-refractivity contribution in [1.82, 2.24) is 0 Å². The Balaban J connectivity index is 0. The van der Waals surface area contributed by atoms with Crippen molar-refractivity contribution in [3.05, 3.63) is 0 Å². The van der Waals surface area contributed by atoms with E-state index in [2.05, 4.69) is 3.02 Å². The summed E-state index contributed by atoms with van der Waals surface area (Å²) in [6, 6.07) is 0. The van der Waals surface area contributed by atoms with E-state index < -0.39 is 24.8 Å². The maximum atomic E-state index is 9.91. The maximum absolute atomic E-state index is 9.91. The molecule has 0 bridgehead atoms. The van der Waals surface area contributed by atoms with Gasteiger partial charge in [-0.15, -0.1) is 12.4 Å². The third kappa shape index (κ3) is 12.4. The van der Waals surface area contributed by atoms with Crippen molar-refractivity contribution < 1.29 is 9.42 Å². The van der Waals surface area contributed by atoms with Gasteiger partial charge in [-0.05, 0) is 0 Å². The third-order valence-corrected chi connectivity index (χ3v) is 1.66. The molecule has 0 unspecified atom stereocenters. The van der Waals surface area contributed by atoms with Gasteiger partial charge in [0.15, 0.2) is 0 Å². The number of rotatable bonds is 2. The molecule has 0 aliphatic carbocycles. The molecule has 0 saturated carbocycles. The summed E-state index contributed by atoms with van der Waals surface area (Å²) in [6.45, 7) is -0.333. The Bertz CT molecular complexity index is 112. The van der Waals surface area contributed by atoms with Gasteiger partial charge in [0.1, 0.15) is 0 Å². The fourth-order valence-electron chi connectivity index (χ4n) is 0.128. The molecule has 1 radical (unpaired) electrons. The number of hydrogen-bond acceptors (Lipinski definition) is 2. The number of halogens is 4. The molecular formula is C2H4Cl4O3Sb.